The molecule has 2 aromatic rings. The van der Waals surface area contributed by atoms with Crippen molar-refractivity contribution in [2.75, 3.05) is 0 Å². The second-order valence-electron chi connectivity index (χ2n) is 4.59. The second-order valence-corrected chi connectivity index (χ2v) is 4.59. The lowest BCUT2D eigenvalue weighted by molar-refractivity contribution is 0.0939. The van der Waals surface area contributed by atoms with Crippen molar-refractivity contribution in [2.45, 2.75) is 27.7 Å². The van der Waals surface area contributed by atoms with Crippen LogP contribution in [-0.4, -0.2) is 25.5 Å². The van der Waals surface area contributed by atoms with Crippen molar-refractivity contribution in [1.29, 1.82) is 0 Å². The molecule has 0 N–H and O–H groups in total. The largest absolute Gasteiger partial charge is 0.294 e. The zero-order chi connectivity index (χ0) is 13.3. The van der Waals surface area contributed by atoms with Crippen LogP contribution in [0.2, 0.25) is 0 Å². The molecule has 0 aliphatic rings. The van der Waals surface area contributed by atoms with E-state index >= 15 is 0 Å². The van der Waals surface area contributed by atoms with Gasteiger partial charge in [0.05, 0.1) is 11.3 Å². The lowest BCUT2D eigenvalue weighted by Crippen LogP contribution is -2.07. The fourth-order valence-electron chi connectivity index (χ4n) is 1.66. The quantitative estimate of drug-likeness (QED) is 0.776. The van der Waals surface area contributed by atoms with E-state index in [1.807, 2.05) is 33.8 Å². The van der Waals surface area contributed by atoms with Crippen molar-refractivity contribution < 1.29 is 4.79 Å². The standard InChI is InChI=1S/C13H16N4O/c1-8(2)12(18)11-7-17(16-10(11)4)13-14-6-5-9(3)15-13/h5-8H,1-4H3. The van der Waals surface area contributed by atoms with Crippen LogP contribution in [0, 0.1) is 19.8 Å². The van der Waals surface area contributed by atoms with Gasteiger partial charge < -0.3 is 0 Å². The number of aromatic nitrogens is 4. The van der Waals surface area contributed by atoms with Gasteiger partial charge in [0.1, 0.15) is 0 Å². The minimum atomic E-state index is -0.0419. The molecular weight excluding hydrogens is 228 g/mol. The number of carbonyl (C=O) groups is 1. The van der Waals surface area contributed by atoms with Crippen molar-refractivity contribution >= 4 is 5.78 Å². The summed E-state index contributed by atoms with van der Waals surface area (Å²) in [6, 6.07) is 1.82. The van der Waals surface area contributed by atoms with Gasteiger partial charge in [-0.15, -0.1) is 0 Å². The molecule has 0 bridgehead atoms. The third-order valence-corrected chi connectivity index (χ3v) is 2.68. The van der Waals surface area contributed by atoms with E-state index in [2.05, 4.69) is 15.1 Å². The highest BCUT2D eigenvalue weighted by atomic mass is 16.1. The molecule has 2 heterocycles. The minimum Gasteiger partial charge on any atom is -0.294 e. The summed E-state index contributed by atoms with van der Waals surface area (Å²) in [6.45, 7) is 7.47. The molecule has 0 aliphatic heterocycles. The Morgan fingerprint density at radius 1 is 1.33 bits per heavy atom. The Labute approximate surface area is 106 Å². The molecule has 0 aliphatic carbocycles. The number of hydrogen-bond acceptors (Lipinski definition) is 4. The van der Waals surface area contributed by atoms with Gasteiger partial charge in [-0.2, -0.15) is 5.10 Å². The van der Waals surface area contributed by atoms with E-state index in [1.54, 1.807) is 17.1 Å². The minimum absolute atomic E-state index is 0.0419. The predicted octanol–water partition coefficient (Wildman–Crippen LogP) is 2.12. The van der Waals surface area contributed by atoms with E-state index in [-0.39, 0.29) is 11.7 Å². The van der Waals surface area contributed by atoms with Crippen LogP contribution in [-0.2, 0) is 0 Å². The van der Waals surface area contributed by atoms with Gasteiger partial charge in [0, 0.05) is 24.0 Å². The van der Waals surface area contributed by atoms with Gasteiger partial charge in [-0.3, -0.25) is 4.79 Å². The Bertz CT molecular complexity index is 586. The molecule has 18 heavy (non-hydrogen) atoms. The van der Waals surface area contributed by atoms with Gasteiger partial charge in [0.2, 0.25) is 0 Å². The van der Waals surface area contributed by atoms with E-state index < -0.39 is 0 Å². The summed E-state index contributed by atoms with van der Waals surface area (Å²) >= 11 is 0. The van der Waals surface area contributed by atoms with Crippen LogP contribution in [0.3, 0.4) is 0 Å². The molecule has 0 aromatic carbocycles. The van der Waals surface area contributed by atoms with Gasteiger partial charge >= 0.3 is 0 Å². The topological polar surface area (TPSA) is 60.7 Å². The fourth-order valence-corrected chi connectivity index (χ4v) is 1.66. The van der Waals surface area contributed by atoms with E-state index in [0.717, 1.165) is 5.69 Å². The summed E-state index contributed by atoms with van der Waals surface area (Å²) < 4.78 is 1.55. The first kappa shape index (κ1) is 12.4. The molecule has 2 aromatic heterocycles. The molecule has 0 fully saturated rings. The number of aryl methyl sites for hydroxylation is 2. The molecular formula is C13H16N4O. The van der Waals surface area contributed by atoms with Crippen LogP contribution in [0.4, 0.5) is 0 Å². The monoisotopic (exact) mass is 244 g/mol. The molecule has 2 rings (SSSR count). The van der Waals surface area contributed by atoms with Crippen molar-refractivity contribution in [3.8, 4) is 5.95 Å². The highest BCUT2D eigenvalue weighted by molar-refractivity contribution is 5.98. The summed E-state index contributed by atoms with van der Waals surface area (Å²) in [5.74, 6) is 0.534. The Morgan fingerprint density at radius 3 is 2.67 bits per heavy atom. The zero-order valence-corrected chi connectivity index (χ0v) is 11.0. The summed E-state index contributed by atoms with van der Waals surface area (Å²) in [4.78, 5) is 20.4. The predicted molar refractivity (Wildman–Crippen MR) is 67.8 cm³/mol. The number of rotatable bonds is 3. The Morgan fingerprint density at radius 2 is 2.06 bits per heavy atom. The first-order valence-electron chi connectivity index (χ1n) is 5.89. The number of Topliss-reactive ketones (excluding diaryl/α,β-unsaturated/α-hetero) is 1. The molecule has 0 radical (unpaired) electrons. The number of hydrogen-bond donors (Lipinski definition) is 0. The number of carbonyl (C=O) groups excluding carboxylic acids is 1. The molecule has 0 saturated carbocycles. The van der Waals surface area contributed by atoms with E-state index in [0.29, 0.717) is 17.2 Å². The highest BCUT2D eigenvalue weighted by Crippen LogP contribution is 2.13. The van der Waals surface area contributed by atoms with Crippen LogP contribution < -0.4 is 0 Å². The van der Waals surface area contributed by atoms with Crippen LogP contribution in [0.25, 0.3) is 5.95 Å². The average molecular weight is 244 g/mol. The zero-order valence-electron chi connectivity index (χ0n) is 11.0. The smallest absolute Gasteiger partial charge is 0.250 e. The van der Waals surface area contributed by atoms with E-state index in [1.165, 1.54) is 0 Å². The lowest BCUT2D eigenvalue weighted by Gasteiger charge is -2.01. The van der Waals surface area contributed by atoms with Gasteiger partial charge in [0.15, 0.2) is 5.78 Å². The molecule has 94 valence electrons. The van der Waals surface area contributed by atoms with Crippen LogP contribution in [0.1, 0.15) is 35.6 Å². The van der Waals surface area contributed by atoms with Crippen molar-refractivity contribution in [1.82, 2.24) is 19.7 Å². The molecule has 0 saturated heterocycles. The summed E-state index contributed by atoms with van der Waals surface area (Å²) in [7, 11) is 0. The first-order chi connectivity index (χ1) is 8.49. The summed E-state index contributed by atoms with van der Waals surface area (Å²) in [5, 5.41) is 4.30. The highest BCUT2D eigenvalue weighted by Gasteiger charge is 2.17. The average Bonchev–Trinajstić information content (AvgIpc) is 2.70. The molecule has 0 unspecified atom stereocenters. The maximum absolute atomic E-state index is 12.0. The van der Waals surface area contributed by atoms with Gasteiger partial charge in [0.25, 0.3) is 5.95 Å². The maximum atomic E-state index is 12.0. The lowest BCUT2D eigenvalue weighted by atomic mass is 10.0. The fraction of sp³-hybridized carbons (Fsp3) is 0.385. The van der Waals surface area contributed by atoms with E-state index in [9.17, 15) is 4.79 Å². The molecule has 5 heteroatoms. The van der Waals surface area contributed by atoms with Crippen molar-refractivity contribution in [3.05, 3.63) is 35.4 Å². The van der Waals surface area contributed by atoms with Crippen molar-refractivity contribution in [3.63, 3.8) is 0 Å². The van der Waals surface area contributed by atoms with Gasteiger partial charge in [-0.25, -0.2) is 14.6 Å². The second kappa shape index (κ2) is 4.68. The number of nitrogens with zero attached hydrogens (tertiary/aromatic N) is 4. The SMILES string of the molecule is Cc1ccnc(-n2cc(C(=O)C(C)C)c(C)n2)n1. The first-order valence-corrected chi connectivity index (χ1v) is 5.89. The van der Waals surface area contributed by atoms with E-state index in [4.69, 9.17) is 0 Å². The number of ketones is 1. The third-order valence-electron chi connectivity index (χ3n) is 2.68. The molecule has 0 atom stereocenters. The molecule has 5 nitrogen and oxygen atoms in total. The summed E-state index contributed by atoms with van der Waals surface area (Å²) in [6.07, 6.45) is 3.38. The molecule has 0 spiro atoms. The van der Waals surface area contributed by atoms with Gasteiger partial charge in [-0.1, -0.05) is 13.8 Å². The summed E-state index contributed by atoms with van der Waals surface area (Å²) in [5.41, 5.74) is 2.21. The van der Waals surface area contributed by atoms with Gasteiger partial charge in [-0.05, 0) is 19.9 Å². The Balaban J connectivity index is 2.43. The normalized spacial score (nSPS) is 10.9. The van der Waals surface area contributed by atoms with Crippen molar-refractivity contribution in [2.24, 2.45) is 5.92 Å². The Kier molecular flexibility index (Phi) is 3.23. The van der Waals surface area contributed by atoms with Crippen LogP contribution in [0.15, 0.2) is 18.5 Å². The van der Waals surface area contributed by atoms with Crippen LogP contribution >= 0.6 is 0 Å². The maximum Gasteiger partial charge on any atom is 0.250 e. The Hall–Kier alpha value is -2.04. The molecule has 0 amide bonds. The van der Waals surface area contributed by atoms with Crippen LogP contribution in [0.5, 0.6) is 0 Å². The third kappa shape index (κ3) is 2.30.